The Morgan fingerprint density at radius 2 is 2.05 bits per heavy atom. The van der Waals surface area contributed by atoms with E-state index in [4.69, 9.17) is 4.74 Å². The average molecular weight is 298 g/mol. The average Bonchev–Trinajstić information content (AvgIpc) is 2.47. The van der Waals surface area contributed by atoms with Crippen LogP contribution >= 0.6 is 0 Å². The summed E-state index contributed by atoms with van der Waals surface area (Å²) in [6, 6.07) is 13.4. The van der Waals surface area contributed by atoms with Gasteiger partial charge in [-0.3, -0.25) is 4.79 Å². The van der Waals surface area contributed by atoms with Gasteiger partial charge in [-0.1, -0.05) is 18.2 Å². The first-order valence-electron chi connectivity index (χ1n) is 6.75. The molecule has 0 saturated heterocycles. The van der Waals surface area contributed by atoms with Crippen LogP contribution in [-0.2, 0) is 9.59 Å². The van der Waals surface area contributed by atoms with Crippen LogP contribution in [0.2, 0.25) is 0 Å². The van der Waals surface area contributed by atoms with E-state index in [-0.39, 0.29) is 24.7 Å². The molecule has 0 radical (unpaired) electrons. The van der Waals surface area contributed by atoms with Crippen molar-refractivity contribution in [2.45, 2.75) is 0 Å². The number of anilines is 2. The number of carbonyl (C=O) groups is 2. The second-order valence-electron chi connectivity index (χ2n) is 4.90. The van der Waals surface area contributed by atoms with Crippen LogP contribution in [0.15, 0.2) is 48.5 Å². The first kappa shape index (κ1) is 13.9. The summed E-state index contributed by atoms with van der Waals surface area (Å²) in [5.74, 6) is -0.160. The van der Waals surface area contributed by atoms with Crippen LogP contribution in [0.25, 0.3) is 0 Å². The van der Waals surface area contributed by atoms with Crippen molar-refractivity contribution in [3.8, 4) is 11.5 Å². The molecule has 1 amide bonds. The van der Waals surface area contributed by atoms with Gasteiger partial charge in [-0.15, -0.1) is 0 Å². The minimum Gasteiger partial charge on any atom is -0.508 e. The zero-order valence-electron chi connectivity index (χ0n) is 11.7. The zero-order valence-corrected chi connectivity index (χ0v) is 11.7. The van der Waals surface area contributed by atoms with Gasteiger partial charge in [-0.05, 0) is 24.3 Å². The quantitative estimate of drug-likeness (QED) is 0.667. The van der Waals surface area contributed by atoms with E-state index in [1.807, 2.05) is 6.07 Å². The number of nitrogens with one attached hydrogen (secondary N) is 1. The Hall–Kier alpha value is -3.02. The summed E-state index contributed by atoms with van der Waals surface area (Å²) >= 11 is 0. The lowest BCUT2D eigenvalue weighted by atomic mass is 10.2. The summed E-state index contributed by atoms with van der Waals surface area (Å²) in [6.45, 7) is 0.0340. The van der Waals surface area contributed by atoms with E-state index >= 15 is 0 Å². The van der Waals surface area contributed by atoms with Crippen molar-refractivity contribution in [3.63, 3.8) is 0 Å². The van der Waals surface area contributed by atoms with E-state index < -0.39 is 5.97 Å². The molecule has 0 spiro atoms. The number of ether oxygens (including phenoxy) is 1. The van der Waals surface area contributed by atoms with Crippen molar-refractivity contribution in [2.24, 2.45) is 0 Å². The highest BCUT2D eigenvalue weighted by molar-refractivity contribution is 5.96. The fraction of sp³-hybridized carbons (Fsp3) is 0.125. The molecular weight excluding hydrogens is 284 g/mol. The molecule has 6 nitrogen and oxygen atoms in total. The molecule has 0 unspecified atom stereocenters. The number of amides is 1. The number of carbonyl (C=O) groups excluding carboxylic acids is 2. The Bertz CT molecular complexity index is 730. The first-order valence-corrected chi connectivity index (χ1v) is 6.75. The molecule has 2 aromatic carbocycles. The molecule has 0 bridgehead atoms. The number of aromatic hydroxyl groups is 1. The summed E-state index contributed by atoms with van der Waals surface area (Å²) < 4.78 is 5.13. The minimum atomic E-state index is -0.399. The number of rotatable bonds is 3. The maximum atomic E-state index is 12.1. The number of phenols is 1. The number of para-hydroxylation sites is 2. The number of fused-ring (bicyclic) bond motifs is 1. The van der Waals surface area contributed by atoms with Gasteiger partial charge in [-0.25, -0.2) is 4.79 Å². The van der Waals surface area contributed by atoms with E-state index in [1.54, 1.807) is 35.2 Å². The molecule has 0 saturated carbocycles. The lowest BCUT2D eigenvalue weighted by Crippen LogP contribution is -2.41. The van der Waals surface area contributed by atoms with Crippen molar-refractivity contribution >= 4 is 23.3 Å². The number of benzene rings is 2. The molecule has 1 aliphatic heterocycles. The van der Waals surface area contributed by atoms with Crippen LogP contribution < -0.4 is 15.0 Å². The van der Waals surface area contributed by atoms with Gasteiger partial charge in [-0.2, -0.15) is 0 Å². The summed E-state index contributed by atoms with van der Waals surface area (Å²) in [5.41, 5.74) is 1.20. The molecule has 1 aliphatic rings. The first-order chi connectivity index (χ1) is 10.6. The lowest BCUT2D eigenvalue weighted by molar-refractivity contribution is -0.133. The number of hydrogen-bond acceptors (Lipinski definition) is 5. The van der Waals surface area contributed by atoms with E-state index in [0.29, 0.717) is 17.1 Å². The van der Waals surface area contributed by atoms with Crippen molar-refractivity contribution in [3.05, 3.63) is 48.5 Å². The normalized spacial score (nSPS) is 13.3. The van der Waals surface area contributed by atoms with Crippen molar-refractivity contribution in [2.75, 3.05) is 23.3 Å². The van der Waals surface area contributed by atoms with Crippen molar-refractivity contribution < 1.29 is 19.4 Å². The molecule has 2 N–H and O–H groups in total. The van der Waals surface area contributed by atoms with Crippen LogP contribution in [0.5, 0.6) is 11.5 Å². The van der Waals surface area contributed by atoms with Gasteiger partial charge >= 0.3 is 5.97 Å². The van der Waals surface area contributed by atoms with Gasteiger partial charge in [0.25, 0.3) is 0 Å². The fourth-order valence-electron chi connectivity index (χ4n) is 2.30. The van der Waals surface area contributed by atoms with E-state index in [0.717, 1.165) is 0 Å². The standard InChI is InChI=1S/C16H14N2O4/c19-12-5-3-4-11(8-12)17-15(20)9-18-10-16(21)22-14-7-2-1-6-13(14)18/h1-8,19H,9-10H2,(H,17,20). The molecule has 0 fully saturated rings. The Kier molecular flexibility index (Phi) is 3.65. The molecule has 0 atom stereocenters. The third-order valence-corrected chi connectivity index (χ3v) is 3.21. The van der Waals surface area contributed by atoms with Crippen LogP contribution in [0, 0.1) is 0 Å². The molecule has 0 aromatic heterocycles. The Balaban J connectivity index is 1.73. The third kappa shape index (κ3) is 3.01. The lowest BCUT2D eigenvalue weighted by Gasteiger charge is -2.29. The number of hydrogen-bond donors (Lipinski definition) is 2. The van der Waals surface area contributed by atoms with E-state index in [1.165, 1.54) is 12.1 Å². The predicted octanol–water partition coefficient (Wildman–Crippen LogP) is 1.76. The molecule has 6 heteroatoms. The van der Waals surface area contributed by atoms with Gasteiger partial charge < -0.3 is 20.1 Å². The highest BCUT2D eigenvalue weighted by atomic mass is 16.5. The monoisotopic (exact) mass is 298 g/mol. The van der Waals surface area contributed by atoms with E-state index in [9.17, 15) is 14.7 Å². The zero-order chi connectivity index (χ0) is 15.5. The van der Waals surface area contributed by atoms with Crippen LogP contribution in [0.1, 0.15) is 0 Å². The number of phenolic OH excluding ortho intramolecular Hbond substituents is 1. The summed E-state index contributed by atoms with van der Waals surface area (Å²) in [4.78, 5) is 25.4. The van der Waals surface area contributed by atoms with Gasteiger partial charge in [0.15, 0.2) is 5.75 Å². The van der Waals surface area contributed by atoms with Crippen LogP contribution in [-0.4, -0.2) is 30.1 Å². The Labute approximate surface area is 126 Å². The molecule has 0 aliphatic carbocycles. The SMILES string of the molecule is O=C(CN1CC(=O)Oc2ccccc21)Nc1cccc(O)c1. The van der Waals surface area contributed by atoms with Gasteiger partial charge in [0, 0.05) is 11.8 Å². The van der Waals surface area contributed by atoms with Crippen LogP contribution in [0.3, 0.4) is 0 Å². The summed E-state index contributed by atoms with van der Waals surface area (Å²) in [6.07, 6.45) is 0. The van der Waals surface area contributed by atoms with Gasteiger partial charge in [0.1, 0.15) is 12.3 Å². The Morgan fingerprint density at radius 1 is 1.23 bits per heavy atom. The smallest absolute Gasteiger partial charge is 0.331 e. The molecule has 22 heavy (non-hydrogen) atoms. The second kappa shape index (κ2) is 5.77. The molecule has 3 rings (SSSR count). The summed E-state index contributed by atoms with van der Waals surface area (Å²) in [7, 11) is 0. The fourth-order valence-corrected chi connectivity index (χ4v) is 2.30. The predicted molar refractivity (Wildman–Crippen MR) is 81.0 cm³/mol. The van der Waals surface area contributed by atoms with Gasteiger partial charge in [0.05, 0.1) is 12.2 Å². The Morgan fingerprint density at radius 3 is 2.86 bits per heavy atom. The summed E-state index contributed by atoms with van der Waals surface area (Å²) in [5, 5.41) is 12.1. The van der Waals surface area contributed by atoms with Crippen molar-refractivity contribution in [1.29, 1.82) is 0 Å². The largest absolute Gasteiger partial charge is 0.508 e. The minimum absolute atomic E-state index is 0.0156. The maximum Gasteiger partial charge on any atom is 0.331 e. The topological polar surface area (TPSA) is 78.9 Å². The van der Waals surface area contributed by atoms with Gasteiger partial charge in [0.2, 0.25) is 5.91 Å². The molecular formula is C16H14N2O4. The van der Waals surface area contributed by atoms with Crippen LogP contribution in [0.4, 0.5) is 11.4 Å². The highest BCUT2D eigenvalue weighted by Crippen LogP contribution is 2.31. The third-order valence-electron chi connectivity index (χ3n) is 3.21. The maximum absolute atomic E-state index is 12.1. The molecule has 112 valence electrons. The number of nitrogens with zero attached hydrogens (tertiary/aromatic N) is 1. The number of esters is 1. The van der Waals surface area contributed by atoms with Crippen molar-refractivity contribution in [1.82, 2.24) is 0 Å². The highest BCUT2D eigenvalue weighted by Gasteiger charge is 2.25. The van der Waals surface area contributed by atoms with E-state index in [2.05, 4.69) is 5.32 Å². The molecule has 2 aromatic rings. The molecule has 1 heterocycles. The second-order valence-corrected chi connectivity index (χ2v) is 4.90.